The third kappa shape index (κ3) is 3.95. The van der Waals surface area contributed by atoms with Crippen molar-refractivity contribution in [2.24, 2.45) is 5.92 Å². The molecule has 1 rings (SSSR count). The predicted octanol–water partition coefficient (Wildman–Crippen LogP) is 2.85. The molecule has 0 aliphatic heterocycles. The number of halogens is 1. The minimum Gasteiger partial charge on any atom is -0.207 e. The number of nitrogens with one attached hydrogen (secondary N) is 1. The Hall–Kier alpha value is -0.100. The topological polar surface area (TPSA) is 46.2 Å². The molecule has 1 N–H and O–H groups in total. The smallest absolute Gasteiger partial charge is 0.207 e. The van der Waals surface area contributed by atoms with Crippen LogP contribution < -0.4 is 4.72 Å². The molecule has 0 fully saturated rings. The minimum absolute atomic E-state index is 0.108. The van der Waals surface area contributed by atoms with Crippen LogP contribution in [0.4, 0.5) is 0 Å². The fourth-order valence-corrected chi connectivity index (χ4v) is 4.18. The maximum absolute atomic E-state index is 12.0. The molecule has 2 unspecified atom stereocenters. The number of hydrogen-bond acceptors (Lipinski definition) is 3. The van der Waals surface area contributed by atoms with Gasteiger partial charge in [-0.2, -0.15) is 0 Å². The summed E-state index contributed by atoms with van der Waals surface area (Å²) in [6, 6.07) is 3.35. The molecule has 17 heavy (non-hydrogen) atoms. The van der Waals surface area contributed by atoms with Gasteiger partial charge in [0.1, 0.15) is 4.21 Å². The number of aryl methyl sites for hydroxylation is 1. The summed E-state index contributed by atoms with van der Waals surface area (Å²) in [5.74, 6) is 0.547. The van der Waals surface area contributed by atoms with Crippen LogP contribution in [0, 0.1) is 5.92 Å². The first-order valence-corrected chi connectivity index (χ1v) is 8.41. The third-order valence-corrected chi connectivity index (χ3v) is 6.46. The highest BCUT2D eigenvalue weighted by molar-refractivity contribution is 7.91. The minimum atomic E-state index is -3.39. The molecule has 0 saturated heterocycles. The van der Waals surface area contributed by atoms with Gasteiger partial charge in [-0.05, 0) is 31.4 Å². The monoisotopic (exact) mass is 295 g/mol. The third-order valence-electron chi connectivity index (χ3n) is 2.69. The molecule has 0 aliphatic carbocycles. The van der Waals surface area contributed by atoms with Crippen LogP contribution in [0.5, 0.6) is 0 Å². The first-order chi connectivity index (χ1) is 7.90. The zero-order valence-corrected chi connectivity index (χ0v) is 12.6. The Bertz CT molecular complexity index is 456. The lowest BCUT2D eigenvalue weighted by molar-refractivity contribution is 0.481. The first kappa shape index (κ1) is 15.0. The second-order valence-corrected chi connectivity index (χ2v) is 7.53. The molecule has 0 spiro atoms. The van der Waals surface area contributed by atoms with E-state index in [1.54, 1.807) is 6.07 Å². The Morgan fingerprint density at radius 1 is 1.41 bits per heavy atom. The van der Waals surface area contributed by atoms with E-state index >= 15 is 0 Å². The van der Waals surface area contributed by atoms with Crippen molar-refractivity contribution in [1.82, 2.24) is 4.72 Å². The van der Waals surface area contributed by atoms with E-state index in [1.165, 1.54) is 11.3 Å². The zero-order chi connectivity index (χ0) is 13.1. The van der Waals surface area contributed by atoms with Gasteiger partial charge in [0.2, 0.25) is 10.0 Å². The quantitative estimate of drug-likeness (QED) is 0.820. The maximum Gasteiger partial charge on any atom is 0.250 e. The first-order valence-electron chi connectivity index (χ1n) is 5.57. The van der Waals surface area contributed by atoms with Crippen LogP contribution in [0.2, 0.25) is 0 Å². The second kappa shape index (κ2) is 6.18. The molecule has 0 aliphatic rings. The molecule has 0 amide bonds. The van der Waals surface area contributed by atoms with Gasteiger partial charge in [0, 0.05) is 16.8 Å². The highest BCUT2D eigenvalue weighted by Crippen LogP contribution is 2.22. The van der Waals surface area contributed by atoms with Crippen molar-refractivity contribution >= 4 is 33.0 Å². The molecule has 1 aromatic heterocycles. The van der Waals surface area contributed by atoms with Crippen molar-refractivity contribution in [3.05, 3.63) is 17.0 Å². The molecule has 3 nitrogen and oxygen atoms in total. The lowest BCUT2D eigenvalue weighted by atomic mass is 10.1. The number of alkyl halides is 1. The van der Waals surface area contributed by atoms with E-state index < -0.39 is 10.0 Å². The summed E-state index contributed by atoms with van der Waals surface area (Å²) in [7, 11) is -3.39. The van der Waals surface area contributed by atoms with E-state index in [0.29, 0.717) is 10.1 Å². The van der Waals surface area contributed by atoms with Gasteiger partial charge in [0.05, 0.1) is 0 Å². The van der Waals surface area contributed by atoms with Crippen LogP contribution in [-0.2, 0) is 16.4 Å². The van der Waals surface area contributed by atoms with E-state index in [-0.39, 0.29) is 12.0 Å². The van der Waals surface area contributed by atoms with Crippen molar-refractivity contribution in [3.8, 4) is 0 Å². The number of rotatable bonds is 6. The molecular weight excluding hydrogens is 278 g/mol. The summed E-state index contributed by atoms with van der Waals surface area (Å²) in [5.41, 5.74) is 0. The SMILES string of the molecule is CCc1ccc(S(=O)(=O)NC(C)C(C)CCl)s1. The molecule has 0 aromatic carbocycles. The average molecular weight is 296 g/mol. The Balaban J connectivity index is 2.81. The second-order valence-electron chi connectivity index (χ2n) is 4.12. The number of sulfonamides is 1. The van der Waals surface area contributed by atoms with Gasteiger partial charge in [-0.3, -0.25) is 0 Å². The van der Waals surface area contributed by atoms with Crippen LogP contribution >= 0.6 is 22.9 Å². The molecule has 2 atom stereocenters. The van der Waals surface area contributed by atoms with Gasteiger partial charge in [-0.1, -0.05) is 13.8 Å². The van der Waals surface area contributed by atoms with Crippen molar-refractivity contribution in [2.75, 3.05) is 5.88 Å². The van der Waals surface area contributed by atoms with E-state index in [2.05, 4.69) is 4.72 Å². The predicted molar refractivity (Wildman–Crippen MR) is 73.4 cm³/mol. The molecule has 1 heterocycles. The van der Waals surface area contributed by atoms with Crippen LogP contribution in [-0.4, -0.2) is 20.3 Å². The lowest BCUT2D eigenvalue weighted by Crippen LogP contribution is -2.37. The summed E-state index contributed by atoms with van der Waals surface area (Å²) in [6.45, 7) is 5.76. The largest absolute Gasteiger partial charge is 0.250 e. The van der Waals surface area contributed by atoms with Crippen LogP contribution in [0.25, 0.3) is 0 Å². The van der Waals surface area contributed by atoms with Gasteiger partial charge in [-0.15, -0.1) is 22.9 Å². The Morgan fingerprint density at radius 3 is 2.53 bits per heavy atom. The van der Waals surface area contributed by atoms with Gasteiger partial charge in [0.25, 0.3) is 0 Å². The summed E-state index contributed by atoms with van der Waals surface area (Å²) in [5, 5.41) is 0. The number of thiophene rings is 1. The number of hydrogen-bond donors (Lipinski definition) is 1. The standard InChI is InChI=1S/C11H18ClNO2S2/c1-4-10-5-6-11(16-10)17(14,15)13-9(3)8(2)7-12/h5-6,8-9,13H,4,7H2,1-3H3. The maximum atomic E-state index is 12.0. The molecular formula is C11H18ClNO2S2. The van der Waals surface area contributed by atoms with Crippen LogP contribution in [0.1, 0.15) is 25.6 Å². The normalized spacial score (nSPS) is 15.8. The van der Waals surface area contributed by atoms with Gasteiger partial charge < -0.3 is 0 Å². The summed E-state index contributed by atoms with van der Waals surface area (Å²) in [4.78, 5) is 1.07. The van der Waals surface area contributed by atoms with E-state index in [1.807, 2.05) is 26.8 Å². The Kier molecular flexibility index (Phi) is 5.44. The average Bonchev–Trinajstić information content (AvgIpc) is 2.76. The Labute approximate surface area is 112 Å². The fraction of sp³-hybridized carbons (Fsp3) is 0.636. The molecule has 6 heteroatoms. The highest BCUT2D eigenvalue weighted by Gasteiger charge is 2.22. The van der Waals surface area contributed by atoms with E-state index in [0.717, 1.165) is 11.3 Å². The van der Waals surface area contributed by atoms with Crippen LogP contribution in [0.3, 0.4) is 0 Å². The highest BCUT2D eigenvalue weighted by atomic mass is 35.5. The molecule has 98 valence electrons. The van der Waals surface area contributed by atoms with Crippen LogP contribution in [0.15, 0.2) is 16.3 Å². The molecule has 1 aromatic rings. The molecule has 0 bridgehead atoms. The summed E-state index contributed by atoms with van der Waals surface area (Å²) >= 11 is 7.03. The van der Waals surface area contributed by atoms with Crippen molar-refractivity contribution in [2.45, 2.75) is 37.4 Å². The van der Waals surface area contributed by atoms with E-state index in [9.17, 15) is 8.42 Å². The van der Waals surface area contributed by atoms with Crippen molar-refractivity contribution < 1.29 is 8.42 Å². The zero-order valence-electron chi connectivity index (χ0n) is 10.2. The Morgan fingerprint density at radius 2 is 2.06 bits per heavy atom. The van der Waals surface area contributed by atoms with E-state index in [4.69, 9.17) is 11.6 Å². The molecule has 0 radical (unpaired) electrons. The van der Waals surface area contributed by atoms with Gasteiger partial charge in [-0.25, -0.2) is 13.1 Å². The molecule has 0 saturated carbocycles. The van der Waals surface area contributed by atoms with Crippen molar-refractivity contribution in [1.29, 1.82) is 0 Å². The summed E-state index contributed by atoms with van der Waals surface area (Å²) < 4.78 is 27.1. The van der Waals surface area contributed by atoms with Gasteiger partial charge in [0.15, 0.2) is 0 Å². The van der Waals surface area contributed by atoms with Crippen molar-refractivity contribution in [3.63, 3.8) is 0 Å². The van der Waals surface area contributed by atoms with Gasteiger partial charge >= 0.3 is 0 Å². The lowest BCUT2D eigenvalue weighted by Gasteiger charge is -2.18. The summed E-state index contributed by atoms with van der Waals surface area (Å²) in [6.07, 6.45) is 0.855. The fourth-order valence-electron chi connectivity index (χ4n) is 1.25.